The molecule has 164 valence electrons. The molecule has 0 aliphatic heterocycles. The molecule has 1 aliphatic carbocycles. The van der Waals surface area contributed by atoms with Crippen molar-refractivity contribution in [3.63, 3.8) is 0 Å². The molecule has 1 atom stereocenters. The molecule has 1 N–H and O–H groups in total. The molecular formula is C19H17ClF3N5OS2. The van der Waals surface area contributed by atoms with E-state index in [1.165, 1.54) is 16.6 Å². The van der Waals surface area contributed by atoms with Gasteiger partial charge in [-0.05, 0) is 37.3 Å². The number of thioether (sulfide) groups is 1. The fourth-order valence-corrected chi connectivity index (χ4v) is 4.74. The van der Waals surface area contributed by atoms with Gasteiger partial charge in [0.1, 0.15) is 5.82 Å². The van der Waals surface area contributed by atoms with Gasteiger partial charge in [-0.15, -0.1) is 21.5 Å². The molecule has 3 heterocycles. The summed E-state index contributed by atoms with van der Waals surface area (Å²) in [5.74, 6) is 0.297. The second kappa shape index (κ2) is 8.79. The first-order valence-electron chi connectivity index (χ1n) is 9.39. The van der Waals surface area contributed by atoms with Gasteiger partial charge in [0.2, 0.25) is 5.91 Å². The minimum atomic E-state index is -4.56. The lowest BCUT2D eigenvalue weighted by atomic mass is 10.2. The Kier molecular flexibility index (Phi) is 6.27. The number of nitrogens with one attached hydrogen (secondary N) is 1. The van der Waals surface area contributed by atoms with Gasteiger partial charge in [-0.25, -0.2) is 4.98 Å². The Morgan fingerprint density at radius 3 is 2.81 bits per heavy atom. The van der Waals surface area contributed by atoms with Crippen LogP contribution in [-0.2, 0) is 17.4 Å². The van der Waals surface area contributed by atoms with Crippen molar-refractivity contribution in [2.24, 2.45) is 0 Å². The monoisotopic (exact) mass is 487 g/mol. The second-order valence-corrected chi connectivity index (χ2v) is 9.81. The average molecular weight is 488 g/mol. The van der Waals surface area contributed by atoms with Crippen LogP contribution in [0.3, 0.4) is 0 Å². The summed E-state index contributed by atoms with van der Waals surface area (Å²) in [5, 5.41) is 12.9. The molecule has 3 aromatic heterocycles. The average Bonchev–Trinajstić information content (AvgIpc) is 3.26. The number of hydrogen-bond acceptors (Lipinski definition) is 6. The molecule has 0 unspecified atom stereocenters. The molecule has 1 amide bonds. The van der Waals surface area contributed by atoms with Gasteiger partial charge in [0.05, 0.1) is 15.8 Å². The van der Waals surface area contributed by atoms with Crippen LogP contribution in [0.2, 0.25) is 5.02 Å². The van der Waals surface area contributed by atoms with Gasteiger partial charge in [-0.1, -0.05) is 29.4 Å². The van der Waals surface area contributed by atoms with E-state index in [4.69, 9.17) is 11.6 Å². The fraction of sp³-hybridized carbons (Fsp3) is 0.368. The van der Waals surface area contributed by atoms with Crippen molar-refractivity contribution in [3.05, 3.63) is 51.1 Å². The minimum Gasteiger partial charge on any atom is -0.308 e. The Balaban J connectivity index is 1.45. The lowest BCUT2D eigenvalue weighted by Gasteiger charge is -2.14. The van der Waals surface area contributed by atoms with E-state index >= 15 is 0 Å². The van der Waals surface area contributed by atoms with Crippen molar-refractivity contribution in [1.29, 1.82) is 0 Å². The number of aromatic nitrogens is 4. The van der Waals surface area contributed by atoms with Gasteiger partial charge in [0.25, 0.3) is 0 Å². The van der Waals surface area contributed by atoms with Crippen molar-refractivity contribution < 1.29 is 18.0 Å². The molecular weight excluding hydrogens is 471 g/mol. The zero-order valence-electron chi connectivity index (χ0n) is 16.2. The quantitative estimate of drug-likeness (QED) is 0.448. The largest absolute Gasteiger partial charge is 0.417 e. The van der Waals surface area contributed by atoms with E-state index in [1.54, 1.807) is 18.3 Å². The molecule has 6 nitrogen and oxygen atoms in total. The molecule has 0 saturated heterocycles. The van der Waals surface area contributed by atoms with E-state index in [9.17, 15) is 18.0 Å². The minimum absolute atomic E-state index is 0.117. The normalized spacial score (nSPS) is 15.1. The van der Waals surface area contributed by atoms with Crippen LogP contribution < -0.4 is 5.32 Å². The lowest BCUT2D eigenvalue weighted by molar-refractivity contribution is -0.137. The Hall–Kier alpha value is -2.11. The number of anilines is 1. The zero-order chi connectivity index (χ0) is 22.2. The van der Waals surface area contributed by atoms with E-state index in [-0.39, 0.29) is 10.8 Å². The van der Waals surface area contributed by atoms with E-state index in [2.05, 4.69) is 25.1 Å². The smallest absolute Gasteiger partial charge is 0.308 e. The third-order valence-electron chi connectivity index (χ3n) is 4.62. The van der Waals surface area contributed by atoms with Crippen molar-refractivity contribution in [1.82, 2.24) is 19.7 Å². The molecule has 1 aliphatic rings. The zero-order valence-corrected chi connectivity index (χ0v) is 18.6. The Bertz CT molecular complexity index is 1080. The summed E-state index contributed by atoms with van der Waals surface area (Å²) in [7, 11) is 0. The van der Waals surface area contributed by atoms with E-state index in [0.717, 1.165) is 24.7 Å². The summed E-state index contributed by atoms with van der Waals surface area (Å²) in [4.78, 5) is 17.4. The van der Waals surface area contributed by atoms with Crippen LogP contribution in [0.15, 0.2) is 34.9 Å². The number of amides is 1. The first-order valence-corrected chi connectivity index (χ1v) is 11.5. The number of carbonyl (C=O) groups excluding carboxylic acids is 1. The molecule has 0 bridgehead atoms. The number of thiophene rings is 1. The number of halogens is 4. The summed E-state index contributed by atoms with van der Waals surface area (Å²) >= 11 is 8.77. The molecule has 3 aromatic rings. The van der Waals surface area contributed by atoms with Crippen molar-refractivity contribution in [3.8, 4) is 0 Å². The molecule has 4 rings (SSSR count). The van der Waals surface area contributed by atoms with Crippen molar-refractivity contribution in [2.45, 2.75) is 48.8 Å². The number of rotatable bonds is 7. The molecule has 0 spiro atoms. The summed E-state index contributed by atoms with van der Waals surface area (Å²) in [6, 6.07) is 5.09. The SMILES string of the molecule is C[C@H](Sc1nnc(Cc2cccs2)n1C1CC1)C(=O)Nc1ncc(C(F)(F)F)cc1Cl. The maximum Gasteiger partial charge on any atom is 0.417 e. The van der Waals surface area contributed by atoms with Crippen molar-refractivity contribution >= 4 is 46.4 Å². The maximum atomic E-state index is 12.8. The molecule has 12 heteroatoms. The standard InChI is InChI=1S/C19H17ClF3N5OS2/c1-10(17(29)25-16-14(20)7-11(9-24-16)19(21,22)23)31-18-27-26-15(28(18)12-4-5-12)8-13-3-2-6-30-13/h2-3,6-7,9-10,12H,4-5,8H2,1H3,(H,24,25,29)/t10-/m0/s1. The number of alkyl halides is 3. The molecule has 0 radical (unpaired) electrons. The molecule has 1 saturated carbocycles. The topological polar surface area (TPSA) is 72.7 Å². The molecule has 0 aromatic carbocycles. The van der Waals surface area contributed by atoms with Crippen LogP contribution in [0, 0.1) is 0 Å². The van der Waals surface area contributed by atoms with Crippen LogP contribution in [0.4, 0.5) is 19.0 Å². The van der Waals surface area contributed by atoms with E-state index < -0.39 is 22.9 Å². The second-order valence-electron chi connectivity index (χ2n) is 7.06. The van der Waals surface area contributed by atoms with Gasteiger partial charge < -0.3 is 9.88 Å². The number of nitrogens with zero attached hydrogens (tertiary/aromatic N) is 4. The maximum absolute atomic E-state index is 12.8. The number of hydrogen-bond donors (Lipinski definition) is 1. The predicted molar refractivity (Wildman–Crippen MR) is 114 cm³/mol. The van der Waals surface area contributed by atoms with E-state index in [0.29, 0.717) is 23.8 Å². The third kappa shape index (κ3) is 5.21. The fourth-order valence-electron chi connectivity index (χ4n) is 2.89. The van der Waals surface area contributed by atoms with Gasteiger partial charge in [-0.2, -0.15) is 13.2 Å². The van der Waals surface area contributed by atoms with Crippen LogP contribution in [0.1, 0.15) is 42.1 Å². The van der Waals surface area contributed by atoms with E-state index in [1.807, 2.05) is 17.5 Å². The lowest BCUT2D eigenvalue weighted by Crippen LogP contribution is -2.24. The summed E-state index contributed by atoms with van der Waals surface area (Å²) < 4.78 is 40.4. The van der Waals surface area contributed by atoms with Gasteiger partial charge in [0.15, 0.2) is 11.0 Å². The third-order valence-corrected chi connectivity index (χ3v) is 6.84. The highest BCUT2D eigenvalue weighted by Gasteiger charge is 2.33. The summed E-state index contributed by atoms with van der Waals surface area (Å²) in [6.45, 7) is 1.68. The molecule has 31 heavy (non-hydrogen) atoms. The summed E-state index contributed by atoms with van der Waals surface area (Å²) in [5.41, 5.74) is -0.978. The number of carbonyl (C=O) groups is 1. The summed E-state index contributed by atoms with van der Waals surface area (Å²) in [6.07, 6.45) is -1.17. The van der Waals surface area contributed by atoms with Crippen LogP contribution in [0.5, 0.6) is 0 Å². The predicted octanol–water partition coefficient (Wildman–Crippen LogP) is 5.45. The highest BCUT2D eigenvalue weighted by molar-refractivity contribution is 8.00. The Morgan fingerprint density at radius 1 is 1.42 bits per heavy atom. The Morgan fingerprint density at radius 2 is 2.19 bits per heavy atom. The highest BCUT2D eigenvalue weighted by atomic mass is 35.5. The van der Waals surface area contributed by atoms with Crippen molar-refractivity contribution in [2.75, 3.05) is 5.32 Å². The van der Waals surface area contributed by atoms with Crippen LogP contribution in [-0.4, -0.2) is 30.9 Å². The number of pyridine rings is 1. The van der Waals surface area contributed by atoms with Gasteiger partial charge in [-0.3, -0.25) is 4.79 Å². The molecule has 1 fully saturated rings. The van der Waals surface area contributed by atoms with Gasteiger partial charge in [0, 0.05) is 23.5 Å². The van der Waals surface area contributed by atoms with Crippen LogP contribution in [0.25, 0.3) is 0 Å². The Labute approximate surface area is 189 Å². The first kappa shape index (κ1) is 22.1. The first-order chi connectivity index (χ1) is 14.7. The van der Waals surface area contributed by atoms with Crippen LogP contribution >= 0.6 is 34.7 Å². The van der Waals surface area contributed by atoms with Gasteiger partial charge >= 0.3 is 6.18 Å². The highest BCUT2D eigenvalue weighted by Crippen LogP contribution is 2.40.